The third kappa shape index (κ3) is 5.42. The number of hydrogen-bond donors (Lipinski definition) is 2. The van der Waals surface area contributed by atoms with E-state index in [1.165, 1.54) is 6.42 Å². The number of amides is 2. The van der Waals surface area contributed by atoms with Gasteiger partial charge in [0.25, 0.3) is 0 Å². The summed E-state index contributed by atoms with van der Waals surface area (Å²) in [5.74, 6) is 0.552. The maximum Gasteiger partial charge on any atom is 0.234 e. The number of rotatable bonds is 8. The lowest BCUT2D eigenvalue weighted by molar-refractivity contribution is -0.127. The van der Waals surface area contributed by atoms with Gasteiger partial charge in [0, 0.05) is 51.7 Å². The molecule has 124 valence electrons. The van der Waals surface area contributed by atoms with Crippen LogP contribution in [0.4, 0.5) is 0 Å². The molecule has 6 nitrogen and oxygen atoms in total. The van der Waals surface area contributed by atoms with Crippen molar-refractivity contribution in [2.24, 2.45) is 5.92 Å². The van der Waals surface area contributed by atoms with E-state index < -0.39 is 0 Å². The van der Waals surface area contributed by atoms with Crippen LogP contribution in [-0.2, 0) is 9.59 Å². The van der Waals surface area contributed by atoms with Gasteiger partial charge in [-0.2, -0.15) is 0 Å². The van der Waals surface area contributed by atoms with Crippen LogP contribution in [0.15, 0.2) is 12.7 Å². The molecule has 2 fully saturated rings. The molecule has 1 saturated heterocycles. The average Bonchev–Trinajstić information content (AvgIpc) is 2.45. The fourth-order valence-corrected chi connectivity index (χ4v) is 2.77. The van der Waals surface area contributed by atoms with Crippen LogP contribution in [0.1, 0.15) is 19.3 Å². The van der Waals surface area contributed by atoms with Gasteiger partial charge in [-0.05, 0) is 12.8 Å². The fourth-order valence-electron chi connectivity index (χ4n) is 2.77. The Morgan fingerprint density at radius 2 is 1.77 bits per heavy atom. The number of carbonyl (C=O) groups is 2. The molecule has 1 heterocycles. The van der Waals surface area contributed by atoms with E-state index in [0.29, 0.717) is 13.1 Å². The van der Waals surface area contributed by atoms with Crippen molar-refractivity contribution < 1.29 is 9.59 Å². The molecular weight excluding hydrogens is 280 g/mol. The van der Waals surface area contributed by atoms with Gasteiger partial charge in [0.2, 0.25) is 11.8 Å². The normalized spacial score (nSPS) is 20.2. The Morgan fingerprint density at radius 3 is 2.36 bits per heavy atom. The van der Waals surface area contributed by atoms with Gasteiger partial charge in [-0.25, -0.2) is 0 Å². The maximum atomic E-state index is 11.7. The summed E-state index contributed by atoms with van der Waals surface area (Å²) in [7, 11) is 0. The lowest BCUT2D eigenvalue weighted by Crippen LogP contribution is -2.51. The summed E-state index contributed by atoms with van der Waals surface area (Å²) >= 11 is 0. The topological polar surface area (TPSA) is 64.7 Å². The first kappa shape index (κ1) is 17.0. The van der Waals surface area contributed by atoms with Crippen molar-refractivity contribution in [2.45, 2.75) is 19.3 Å². The minimum atomic E-state index is 0.0566. The molecule has 2 N–H and O–H groups in total. The maximum absolute atomic E-state index is 11.7. The van der Waals surface area contributed by atoms with Crippen LogP contribution in [0, 0.1) is 5.92 Å². The van der Waals surface area contributed by atoms with Crippen LogP contribution in [-0.4, -0.2) is 74.0 Å². The molecule has 0 aromatic rings. The highest BCUT2D eigenvalue weighted by Gasteiger charge is 2.25. The molecule has 22 heavy (non-hydrogen) atoms. The first-order chi connectivity index (χ1) is 10.7. The van der Waals surface area contributed by atoms with Gasteiger partial charge in [-0.1, -0.05) is 12.5 Å². The standard InChI is InChI=1S/C16H28N4O2/c1-2-6-17-15(21)13-20-11-9-19(10-12-20)8-7-18-16(22)14-4-3-5-14/h2,14H,1,3-13H2,(H,17,21)(H,18,22). The van der Waals surface area contributed by atoms with Gasteiger partial charge in [0.1, 0.15) is 0 Å². The van der Waals surface area contributed by atoms with Gasteiger partial charge in [0.05, 0.1) is 6.54 Å². The van der Waals surface area contributed by atoms with Crippen LogP contribution >= 0.6 is 0 Å². The molecule has 2 aliphatic rings. The number of hydrogen-bond acceptors (Lipinski definition) is 4. The van der Waals surface area contributed by atoms with Gasteiger partial charge in [-0.3, -0.25) is 19.4 Å². The Bertz CT molecular complexity index is 388. The number of carbonyl (C=O) groups excluding carboxylic acids is 2. The summed E-state index contributed by atoms with van der Waals surface area (Å²) in [5.41, 5.74) is 0. The summed E-state index contributed by atoms with van der Waals surface area (Å²) in [4.78, 5) is 27.9. The first-order valence-electron chi connectivity index (χ1n) is 8.29. The quantitative estimate of drug-likeness (QED) is 0.611. The number of piperazine rings is 1. The largest absolute Gasteiger partial charge is 0.355 e. The lowest BCUT2D eigenvalue weighted by atomic mass is 9.85. The first-order valence-corrected chi connectivity index (χ1v) is 8.29. The molecule has 1 aliphatic heterocycles. The zero-order valence-electron chi connectivity index (χ0n) is 13.4. The molecule has 1 saturated carbocycles. The molecule has 0 unspecified atom stereocenters. The second-order valence-electron chi connectivity index (χ2n) is 6.13. The second kappa shape index (κ2) is 8.90. The van der Waals surface area contributed by atoms with Crippen molar-refractivity contribution in [1.82, 2.24) is 20.4 Å². The minimum absolute atomic E-state index is 0.0566. The smallest absolute Gasteiger partial charge is 0.234 e. The number of nitrogens with one attached hydrogen (secondary N) is 2. The zero-order chi connectivity index (χ0) is 15.8. The van der Waals surface area contributed by atoms with Crippen molar-refractivity contribution in [3.8, 4) is 0 Å². The average molecular weight is 308 g/mol. The molecule has 0 bridgehead atoms. The fraction of sp³-hybridized carbons (Fsp3) is 0.750. The third-order valence-corrected chi connectivity index (χ3v) is 4.48. The van der Waals surface area contributed by atoms with E-state index in [1.807, 2.05) is 0 Å². The van der Waals surface area contributed by atoms with E-state index in [0.717, 1.165) is 52.1 Å². The number of nitrogens with zero attached hydrogens (tertiary/aromatic N) is 2. The molecule has 1 aliphatic carbocycles. The highest BCUT2D eigenvalue weighted by molar-refractivity contribution is 5.79. The zero-order valence-corrected chi connectivity index (χ0v) is 13.4. The molecule has 0 spiro atoms. The van der Waals surface area contributed by atoms with Crippen molar-refractivity contribution in [3.63, 3.8) is 0 Å². The predicted octanol–water partition coefficient (Wildman–Crippen LogP) is -0.177. The molecule has 0 atom stereocenters. The highest BCUT2D eigenvalue weighted by Crippen LogP contribution is 2.25. The Hall–Kier alpha value is -1.40. The van der Waals surface area contributed by atoms with E-state index in [2.05, 4.69) is 27.0 Å². The van der Waals surface area contributed by atoms with Crippen LogP contribution in [0.2, 0.25) is 0 Å². The van der Waals surface area contributed by atoms with E-state index in [1.54, 1.807) is 6.08 Å². The van der Waals surface area contributed by atoms with Crippen LogP contribution in [0.25, 0.3) is 0 Å². The summed E-state index contributed by atoms with van der Waals surface area (Å²) in [6.45, 7) is 9.91. The van der Waals surface area contributed by atoms with Crippen molar-refractivity contribution in [2.75, 3.05) is 52.4 Å². The monoisotopic (exact) mass is 308 g/mol. The minimum Gasteiger partial charge on any atom is -0.355 e. The Labute approximate surface area is 132 Å². The second-order valence-corrected chi connectivity index (χ2v) is 6.13. The van der Waals surface area contributed by atoms with Crippen LogP contribution in [0.5, 0.6) is 0 Å². The van der Waals surface area contributed by atoms with Gasteiger partial charge in [0.15, 0.2) is 0 Å². The van der Waals surface area contributed by atoms with Crippen LogP contribution in [0.3, 0.4) is 0 Å². The highest BCUT2D eigenvalue weighted by atomic mass is 16.2. The Morgan fingerprint density at radius 1 is 1.09 bits per heavy atom. The molecule has 6 heteroatoms. The summed E-state index contributed by atoms with van der Waals surface area (Å²) in [6.07, 6.45) is 4.99. The van der Waals surface area contributed by atoms with E-state index >= 15 is 0 Å². The molecular formula is C16H28N4O2. The van der Waals surface area contributed by atoms with Crippen LogP contribution < -0.4 is 10.6 Å². The Kier molecular flexibility index (Phi) is 6.86. The van der Waals surface area contributed by atoms with Gasteiger partial charge >= 0.3 is 0 Å². The molecule has 0 radical (unpaired) electrons. The summed E-state index contributed by atoms with van der Waals surface area (Å²) < 4.78 is 0. The Balaban J connectivity index is 1.53. The SMILES string of the molecule is C=CCNC(=O)CN1CCN(CCNC(=O)C2CCC2)CC1. The van der Waals surface area contributed by atoms with E-state index in [-0.39, 0.29) is 17.7 Å². The summed E-state index contributed by atoms with van der Waals surface area (Å²) in [5, 5.41) is 5.83. The predicted molar refractivity (Wildman–Crippen MR) is 86.4 cm³/mol. The van der Waals surface area contributed by atoms with E-state index in [9.17, 15) is 9.59 Å². The lowest BCUT2D eigenvalue weighted by Gasteiger charge is -2.34. The molecule has 0 aromatic heterocycles. The molecule has 0 aromatic carbocycles. The van der Waals surface area contributed by atoms with Crippen molar-refractivity contribution >= 4 is 11.8 Å². The molecule has 2 amide bonds. The summed E-state index contributed by atoms with van der Waals surface area (Å²) in [6, 6.07) is 0. The van der Waals surface area contributed by atoms with Gasteiger partial charge in [-0.15, -0.1) is 6.58 Å². The van der Waals surface area contributed by atoms with Crippen molar-refractivity contribution in [3.05, 3.63) is 12.7 Å². The van der Waals surface area contributed by atoms with Crippen molar-refractivity contribution in [1.29, 1.82) is 0 Å². The molecule has 2 rings (SSSR count). The van der Waals surface area contributed by atoms with Gasteiger partial charge < -0.3 is 10.6 Å². The third-order valence-electron chi connectivity index (χ3n) is 4.48. The van der Waals surface area contributed by atoms with E-state index in [4.69, 9.17) is 0 Å².